The molecule has 0 spiro atoms. The lowest BCUT2D eigenvalue weighted by atomic mass is 10.1. The number of amides is 1. The van der Waals surface area contributed by atoms with E-state index < -0.39 is 17.7 Å². The Bertz CT molecular complexity index is 744. The molecule has 0 atom stereocenters. The van der Waals surface area contributed by atoms with Crippen LogP contribution in [0.5, 0.6) is 0 Å². The average Bonchev–Trinajstić information content (AvgIpc) is 2.79. The molecular weight excluding hydrogens is 298 g/mol. The molecular formula is C16H19N3O4. The van der Waals surface area contributed by atoms with Gasteiger partial charge in [-0.1, -0.05) is 12.1 Å². The van der Waals surface area contributed by atoms with Gasteiger partial charge in [-0.25, -0.2) is 9.59 Å². The Balaban J connectivity index is 2.22. The number of nitrogens with zero attached hydrogens (tertiary/aromatic N) is 2. The Morgan fingerprint density at radius 3 is 2.52 bits per heavy atom. The monoisotopic (exact) mass is 317 g/mol. The molecule has 0 bridgehead atoms. The highest BCUT2D eigenvalue weighted by Crippen LogP contribution is 2.23. The molecule has 0 saturated heterocycles. The molecule has 0 fully saturated rings. The van der Waals surface area contributed by atoms with Gasteiger partial charge < -0.3 is 9.84 Å². The zero-order valence-electron chi connectivity index (χ0n) is 13.5. The van der Waals surface area contributed by atoms with Gasteiger partial charge in [0.1, 0.15) is 11.3 Å². The zero-order valence-corrected chi connectivity index (χ0v) is 13.5. The van der Waals surface area contributed by atoms with Crippen LogP contribution in [0.15, 0.2) is 30.3 Å². The first kappa shape index (κ1) is 16.5. The van der Waals surface area contributed by atoms with Crippen molar-refractivity contribution in [1.82, 2.24) is 9.78 Å². The summed E-state index contributed by atoms with van der Waals surface area (Å²) in [4.78, 5) is 22.9. The van der Waals surface area contributed by atoms with Gasteiger partial charge in [0.15, 0.2) is 0 Å². The standard InChI is InChI=1S/C16H19N3O4/c1-16(2,3)23-15(22)17-11-7-5-6-10(8-11)12-9-13(14(20)21)19(4)18-12/h5-9H,1-4H3,(H,17,22)(H,20,21). The van der Waals surface area contributed by atoms with Crippen molar-refractivity contribution in [1.29, 1.82) is 0 Å². The molecule has 7 nitrogen and oxygen atoms in total. The molecule has 1 aromatic carbocycles. The summed E-state index contributed by atoms with van der Waals surface area (Å²) in [6, 6.07) is 8.44. The van der Waals surface area contributed by atoms with E-state index in [4.69, 9.17) is 9.84 Å². The fourth-order valence-corrected chi connectivity index (χ4v) is 1.99. The Morgan fingerprint density at radius 1 is 1.26 bits per heavy atom. The predicted molar refractivity (Wildman–Crippen MR) is 85.5 cm³/mol. The quantitative estimate of drug-likeness (QED) is 0.907. The zero-order chi connectivity index (χ0) is 17.2. The van der Waals surface area contributed by atoms with Crippen molar-refractivity contribution in [2.45, 2.75) is 26.4 Å². The van der Waals surface area contributed by atoms with Crippen LogP contribution in [-0.4, -0.2) is 32.6 Å². The van der Waals surface area contributed by atoms with E-state index in [0.29, 0.717) is 16.9 Å². The van der Waals surface area contributed by atoms with E-state index in [0.717, 1.165) is 0 Å². The van der Waals surface area contributed by atoms with Gasteiger partial charge in [0.05, 0.1) is 5.69 Å². The summed E-state index contributed by atoms with van der Waals surface area (Å²) < 4.78 is 6.49. The van der Waals surface area contributed by atoms with E-state index >= 15 is 0 Å². The van der Waals surface area contributed by atoms with Crippen LogP contribution in [0.4, 0.5) is 10.5 Å². The molecule has 0 aliphatic rings. The highest BCUT2D eigenvalue weighted by atomic mass is 16.6. The van der Waals surface area contributed by atoms with Crippen molar-refractivity contribution in [2.24, 2.45) is 7.05 Å². The number of aromatic nitrogens is 2. The van der Waals surface area contributed by atoms with Crippen LogP contribution in [0.25, 0.3) is 11.3 Å². The van der Waals surface area contributed by atoms with Crippen LogP contribution in [0.2, 0.25) is 0 Å². The van der Waals surface area contributed by atoms with Gasteiger partial charge in [-0.2, -0.15) is 5.10 Å². The van der Waals surface area contributed by atoms with Gasteiger partial charge in [-0.15, -0.1) is 0 Å². The van der Waals surface area contributed by atoms with E-state index in [9.17, 15) is 9.59 Å². The Kier molecular flexibility index (Phi) is 4.40. The van der Waals surface area contributed by atoms with E-state index in [-0.39, 0.29) is 5.69 Å². The molecule has 122 valence electrons. The molecule has 0 radical (unpaired) electrons. The molecule has 2 aromatic rings. The van der Waals surface area contributed by atoms with E-state index in [1.165, 1.54) is 10.7 Å². The van der Waals surface area contributed by atoms with E-state index in [2.05, 4.69) is 10.4 Å². The van der Waals surface area contributed by atoms with Gasteiger partial charge in [-0.3, -0.25) is 10.00 Å². The van der Waals surface area contributed by atoms with E-state index in [1.807, 2.05) is 0 Å². The van der Waals surface area contributed by atoms with Crippen molar-refractivity contribution < 1.29 is 19.4 Å². The lowest BCUT2D eigenvalue weighted by molar-refractivity contribution is 0.0633. The number of benzene rings is 1. The second-order valence-electron chi connectivity index (χ2n) is 6.05. The van der Waals surface area contributed by atoms with Crippen molar-refractivity contribution in [2.75, 3.05) is 5.32 Å². The first-order chi connectivity index (χ1) is 10.7. The molecule has 0 saturated carbocycles. The maximum Gasteiger partial charge on any atom is 0.412 e. The molecule has 1 amide bonds. The number of nitrogens with one attached hydrogen (secondary N) is 1. The lowest BCUT2D eigenvalue weighted by Crippen LogP contribution is -2.27. The minimum absolute atomic E-state index is 0.0884. The number of carboxylic acid groups (broad SMARTS) is 1. The summed E-state index contributed by atoms with van der Waals surface area (Å²) >= 11 is 0. The van der Waals surface area contributed by atoms with Crippen LogP contribution < -0.4 is 5.32 Å². The number of carbonyl (C=O) groups excluding carboxylic acids is 1. The van der Waals surface area contributed by atoms with Crippen molar-refractivity contribution in [3.63, 3.8) is 0 Å². The number of ether oxygens (including phenoxy) is 1. The largest absolute Gasteiger partial charge is 0.477 e. The third kappa shape index (κ3) is 4.32. The topological polar surface area (TPSA) is 93.5 Å². The summed E-state index contributed by atoms with van der Waals surface area (Å²) in [7, 11) is 1.57. The Morgan fingerprint density at radius 2 is 1.96 bits per heavy atom. The number of aromatic carboxylic acids is 1. The van der Waals surface area contributed by atoms with Gasteiger partial charge in [0, 0.05) is 18.3 Å². The van der Waals surface area contributed by atoms with Gasteiger partial charge in [0.2, 0.25) is 0 Å². The average molecular weight is 317 g/mol. The predicted octanol–water partition coefficient (Wildman–Crippen LogP) is 3.13. The highest BCUT2D eigenvalue weighted by molar-refractivity contribution is 5.88. The van der Waals surface area contributed by atoms with Crippen molar-refractivity contribution in [3.05, 3.63) is 36.0 Å². The summed E-state index contributed by atoms with van der Waals surface area (Å²) in [5.74, 6) is -1.05. The van der Waals surface area contributed by atoms with Crippen molar-refractivity contribution in [3.8, 4) is 11.3 Å². The number of hydrogen-bond donors (Lipinski definition) is 2. The lowest BCUT2D eigenvalue weighted by Gasteiger charge is -2.19. The van der Waals surface area contributed by atoms with Crippen LogP contribution in [0.3, 0.4) is 0 Å². The SMILES string of the molecule is Cn1nc(-c2cccc(NC(=O)OC(C)(C)C)c2)cc1C(=O)O. The number of carbonyl (C=O) groups is 2. The molecule has 0 aliphatic heterocycles. The molecule has 23 heavy (non-hydrogen) atoms. The van der Waals surface area contributed by atoms with Gasteiger partial charge >= 0.3 is 12.1 Å². The minimum Gasteiger partial charge on any atom is -0.477 e. The maximum atomic E-state index is 11.8. The summed E-state index contributed by atoms with van der Waals surface area (Å²) in [6.07, 6.45) is -0.554. The van der Waals surface area contributed by atoms with Crippen LogP contribution in [0.1, 0.15) is 31.3 Å². The van der Waals surface area contributed by atoms with Crippen LogP contribution in [-0.2, 0) is 11.8 Å². The number of aryl methyl sites for hydroxylation is 1. The first-order valence-corrected chi connectivity index (χ1v) is 7.03. The third-order valence-electron chi connectivity index (χ3n) is 2.90. The molecule has 1 aromatic heterocycles. The highest BCUT2D eigenvalue weighted by Gasteiger charge is 2.17. The first-order valence-electron chi connectivity index (χ1n) is 7.03. The summed E-state index contributed by atoms with van der Waals surface area (Å²) in [5.41, 5.74) is 1.25. The summed E-state index contributed by atoms with van der Waals surface area (Å²) in [6.45, 7) is 5.35. The molecule has 2 rings (SSSR count). The number of hydrogen-bond acceptors (Lipinski definition) is 4. The minimum atomic E-state index is -1.05. The van der Waals surface area contributed by atoms with Crippen LogP contribution in [0, 0.1) is 0 Å². The number of anilines is 1. The fraction of sp³-hybridized carbons (Fsp3) is 0.312. The Labute approximate surface area is 133 Å². The molecule has 0 unspecified atom stereocenters. The fourth-order valence-electron chi connectivity index (χ4n) is 1.99. The molecule has 2 N–H and O–H groups in total. The van der Waals surface area contributed by atoms with Gasteiger partial charge in [-0.05, 0) is 39.0 Å². The number of rotatable bonds is 3. The third-order valence-corrected chi connectivity index (χ3v) is 2.90. The van der Waals surface area contributed by atoms with Crippen molar-refractivity contribution >= 4 is 17.7 Å². The second-order valence-corrected chi connectivity index (χ2v) is 6.05. The Hall–Kier alpha value is -2.83. The molecule has 0 aliphatic carbocycles. The second kappa shape index (κ2) is 6.12. The normalized spacial score (nSPS) is 11.1. The maximum absolute atomic E-state index is 11.8. The smallest absolute Gasteiger partial charge is 0.412 e. The number of carboxylic acids is 1. The molecule has 1 heterocycles. The summed E-state index contributed by atoms with van der Waals surface area (Å²) in [5, 5.41) is 15.9. The van der Waals surface area contributed by atoms with E-state index in [1.54, 1.807) is 52.1 Å². The van der Waals surface area contributed by atoms with Crippen LogP contribution >= 0.6 is 0 Å². The molecule has 7 heteroatoms. The van der Waals surface area contributed by atoms with Gasteiger partial charge in [0.25, 0.3) is 0 Å².